The second-order valence-corrected chi connectivity index (χ2v) is 6.12. The minimum Gasteiger partial charge on any atom is -0.324 e. The van der Waals surface area contributed by atoms with Crippen LogP contribution in [0.1, 0.15) is 13.8 Å². The van der Waals surface area contributed by atoms with Crippen molar-refractivity contribution < 1.29 is 4.79 Å². The van der Waals surface area contributed by atoms with Gasteiger partial charge in [0, 0.05) is 12.1 Å². The number of nitrogens with two attached hydrogens (primary N) is 1. The summed E-state index contributed by atoms with van der Waals surface area (Å²) < 4.78 is 0. The van der Waals surface area contributed by atoms with Gasteiger partial charge in [0.15, 0.2) is 0 Å². The van der Waals surface area contributed by atoms with E-state index < -0.39 is 0 Å². The summed E-state index contributed by atoms with van der Waals surface area (Å²) in [6, 6.07) is 5.08. The van der Waals surface area contributed by atoms with Crippen LogP contribution in [0.3, 0.4) is 0 Å². The molecule has 0 heterocycles. The quantitative estimate of drug-likeness (QED) is 0.879. The third kappa shape index (κ3) is 5.78. The molecule has 0 saturated carbocycles. The maximum atomic E-state index is 11.9. The number of para-hydroxylation sites is 1. The van der Waals surface area contributed by atoms with Crippen LogP contribution in [0.5, 0.6) is 0 Å². The molecule has 0 unspecified atom stereocenters. The minimum atomic E-state index is -0.350. The van der Waals surface area contributed by atoms with Crippen molar-refractivity contribution in [2.45, 2.75) is 19.4 Å². The largest absolute Gasteiger partial charge is 0.324 e. The molecule has 0 aliphatic carbocycles. The number of anilines is 1. The van der Waals surface area contributed by atoms with Gasteiger partial charge in [-0.25, -0.2) is 0 Å². The van der Waals surface area contributed by atoms with Gasteiger partial charge in [-0.05, 0) is 33.0 Å². The maximum absolute atomic E-state index is 11.9. The number of amides is 1. The molecule has 1 amide bonds. The van der Waals surface area contributed by atoms with Gasteiger partial charge in [-0.3, -0.25) is 9.69 Å². The summed E-state index contributed by atoms with van der Waals surface area (Å²) in [5.74, 6) is -0.179. The molecule has 106 valence electrons. The average Bonchev–Trinajstić information content (AvgIpc) is 2.20. The first-order chi connectivity index (χ1) is 8.69. The van der Waals surface area contributed by atoms with Crippen LogP contribution in [-0.2, 0) is 4.79 Å². The first kappa shape index (κ1) is 16.2. The number of nitrogens with zero attached hydrogens (tertiary/aromatic N) is 1. The van der Waals surface area contributed by atoms with E-state index >= 15 is 0 Å². The van der Waals surface area contributed by atoms with E-state index in [2.05, 4.69) is 5.32 Å². The molecule has 4 nitrogen and oxygen atoms in total. The highest BCUT2D eigenvalue weighted by Gasteiger charge is 2.17. The van der Waals surface area contributed by atoms with Gasteiger partial charge in [0.05, 0.1) is 22.3 Å². The summed E-state index contributed by atoms with van der Waals surface area (Å²) in [7, 11) is 1.84. The van der Waals surface area contributed by atoms with Crippen molar-refractivity contribution in [3.63, 3.8) is 0 Å². The van der Waals surface area contributed by atoms with Gasteiger partial charge in [0.2, 0.25) is 5.91 Å². The van der Waals surface area contributed by atoms with Crippen molar-refractivity contribution in [1.29, 1.82) is 0 Å². The van der Waals surface area contributed by atoms with E-state index in [-0.39, 0.29) is 18.0 Å². The number of hydrogen-bond acceptors (Lipinski definition) is 3. The van der Waals surface area contributed by atoms with Crippen molar-refractivity contribution in [1.82, 2.24) is 4.90 Å². The summed E-state index contributed by atoms with van der Waals surface area (Å²) in [6.45, 7) is 4.65. The molecule has 0 radical (unpaired) electrons. The van der Waals surface area contributed by atoms with Crippen LogP contribution >= 0.6 is 23.2 Å². The third-order valence-electron chi connectivity index (χ3n) is 2.32. The molecule has 1 aromatic carbocycles. The zero-order chi connectivity index (χ0) is 14.6. The molecule has 3 N–H and O–H groups in total. The third-order valence-corrected chi connectivity index (χ3v) is 2.95. The Balaban J connectivity index is 2.61. The summed E-state index contributed by atoms with van der Waals surface area (Å²) in [6.07, 6.45) is 0. The Bertz CT molecular complexity index is 437. The van der Waals surface area contributed by atoms with Crippen LogP contribution in [0.15, 0.2) is 18.2 Å². The van der Waals surface area contributed by atoms with Crippen LogP contribution < -0.4 is 11.1 Å². The molecule has 19 heavy (non-hydrogen) atoms. The second kappa shape index (κ2) is 6.57. The SMILES string of the molecule is CN(CC(=O)Nc1c(Cl)cccc1Cl)CC(C)(C)N. The van der Waals surface area contributed by atoms with Gasteiger partial charge in [-0.2, -0.15) is 0 Å². The van der Waals surface area contributed by atoms with Gasteiger partial charge in [-0.15, -0.1) is 0 Å². The molecule has 0 saturated heterocycles. The Morgan fingerprint density at radius 1 is 1.37 bits per heavy atom. The van der Waals surface area contributed by atoms with Crippen molar-refractivity contribution in [3.8, 4) is 0 Å². The molecule has 0 aliphatic heterocycles. The lowest BCUT2D eigenvalue weighted by Crippen LogP contribution is -2.45. The fourth-order valence-corrected chi connectivity index (χ4v) is 2.28. The predicted octanol–water partition coefficient (Wildman–Crippen LogP) is 2.60. The number of carbonyl (C=O) groups excluding carboxylic acids is 1. The Labute approximate surface area is 123 Å². The Hall–Kier alpha value is -0.810. The lowest BCUT2D eigenvalue weighted by molar-refractivity contribution is -0.117. The zero-order valence-corrected chi connectivity index (χ0v) is 12.8. The second-order valence-electron chi connectivity index (χ2n) is 5.31. The van der Waals surface area contributed by atoms with Crippen LogP contribution in [0.2, 0.25) is 10.0 Å². The molecule has 0 bridgehead atoms. The first-order valence-corrected chi connectivity index (χ1v) is 6.66. The highest BCUT2D eigenvalue weighted by molar-refractivity contribution is 6.39. The molecule has 0 fully saturated rings. The molecular formula is C13H19Cl2N3O. The number of halogens is 2. The normalized spacial score (nSPS) is 11.7. The molecular weight excluding hydrogens is 285 g/mol. The lowest BCUT2D eigenvalue weighted by atomic mass is 10.1. The number of benzene rings is 1. The number of rotatable bonds is 5. The fourth-order valence-electron chi connectivity index (χ4n) is 1.79. The summed E-state index contributed by atoms with van der Waals surface area (Å²) >= 11 is 12.0. The van der Waals surface area contributed by atoms with Crippen LogP contribution in [0.4, 0.5) is 5.69 Å². The monoisotopic (exact) mass is 303 g/mol. The summed E-state index contributed by atoms with van der Waals surface area (Å²) in [4.78, 5) is 13.7. The predicted molar refractivity (Wildman–Crippen MR) is 80.9 cm³/mol. The van der Waals surface area contributed by atoms with E-state index in [1.807, 2.05) is 25.8 Å². The smallest absolute Gasteiger partial charge is 0.238 e. The molecule has 1 aromatic rings. The molecule has 0 aromatic heterocycles. The van der Waals surface area contributed by atoms with Crippen molar-refractivity contribution in [2.75, 3.05) is 25.5 Å². The van der Waals surface area contributed by atoms with Crippen molar-refractivity contribution in [3.05, 3.63) is 28.2 Å². The molecule has 0 spiro atoms. The molecule has 0 aliphatic rings. The van der Waals surface area contributed by atoms with Gasteiger partial charge in [-0.1, -0.05) is 29.3 Å². The highest BCUT2D eigenvalue weighted by atomic mass is 35.5. The van der Waals surface area contributed by atoms with Crippen molar-refractivity contribution >= 4 is 34.8 Å². The van der Waals surface area contributed by atoms with E-state index in [9.17, 15) is 4.79 Å². The van der Waals surface area contributed by atoms with Gasteiger partial charge >= 0.3 is 0 Å². The van der Waals surface area contributed by atoms with E-state index in [0.717, 1.165) is 0 Å². The van der Waals surface area contributed by atoms with E-state index in [0.29, 0.717) is 22.3 Å². The number of carbonyl (C=O) groups is 1. The Kier molecular flexibility index (Phi) is 5.62. The Morgan fingerprint density at radius 3 is 2.37 bits per heavy atom. The maximum Gasteiger partial charge on any atom is 0.238 e. The van der Waals surface area contributed by atoms with Crippen LogP contribution in [-0.4, -0.2) is 36.5 Å². The standard InChI is InChI=1S/C13H19Cl2N3O/c1-13(2,16)8-18(3)7-11(19)17-12-9(14)5-4-6-10(12)15/h4-6H,7-8,16H2,1-3H3,(H,17,19). The number of likely N-dealkylation sites (N-methyl/N-ethyl adjacent to an activating group) is 1. The average molecular weight is 304 g/mol. The van der Waals surface area contributed by atoms with Crippen LogP contribution in [0.25, 0.3) is 0 Å². The van der Waals surface area contributed by atoms with Crippen molar-refractivity contribution in [2.24, 2.45) is 5.73 Å². The molecule has 6 heteroatoms. The van der Waals surface area contributed by atoms with Gasteiger partial charge < -0.3 is 11.1 Å². The number of hydrogen-bond donors (Lipinski definition) is 2. The summed E-state index contributed by atoms with van der Waals surface area (Å²) in [5.41, 5.74) is 5.99. The molecule has 0 atom stereocenters. The fraction of sp³-hybridized carbons (Fsp3) is 0.462. The Morgan fingerprint density at radius 2 is 1.89 bits per heavy atom. The lowest BCUT2D eigenvalue weighted by Gasteiger charge is -2.26. The molecule has 1 rings (SSSR count). The van der Waals surface area contributed by atoms with E-state index in [1.165, 1.54) is 0 Å². The highest BCUT2D eigenvalue weighted by Crippen LogP contribution is 2.29. The number of nitrogens with one attached hydrogen (secondary N) is 1. The van der Waals surface area contributed by atoms with Gasteiger partial charge in [0.1, 0.15) is 0 Å². The first-order valence-electron chi connectivity index (χ1n) is 5.90. The zero-order valence-electron chi connectivity index (χ0n) is 11.3. The minimum absolute atomic E-state index is 0.179. The topological polar surface area (TPSA) is 58.4 Å². The van der Waals surface area contributed by atoms with E-state index in [1.54, 1.807) is 18.2 Å². The van der Waals surface area contributed by atoms with Gasteiger partial charge in [0.25, 0.3) is 0 Å². The van der Waals surface area contributed by atoms with E-state index in [4.69, 9.17) is 28.9 Å². The van der Waals surface area contributed by atoms with Crippen LogP contribution in [0, 0.1) is 0 Å². The summed E-state index contributed by atoms with van der Waals surface area (Å²) in [5, 5.41) is 3.55.